The Kier molecular flexibility index (Phi) is 4.80. The van der Waals surface area contributed by atoms with Crippen LogP contribution in [0.25, 0.3) is 0 Å². The van der Waals surface area contributed by atoms with Crippen LogP contribution >= 0.6 is 11.6 Å². The monoisotopic (exact) mass is 349 g/mol. The number of rotatable bonds is 3. The lowest BCUT2D eigenvalue weighted by atomic mass is 10.0. The molecule has 1 aliphatic rings. The van der Waals surface area contributed by atoms with Gasteiger partial charge in [-0.2, -0.15) is 4.98 Å². The van der Waals surface area contributed by atoms with Crippen molar-refractivity contribution in [2.45, 2.75) is 18.9 Å². The normalized spacial score (nSPS) is 15.3. The summed E-state index contributed by atoms with van der Waals surface area (Å²) in [5, 5.41) is 3.29. The number of amides is 1. The van der Waals surface area contributed by atoms with Crippen LogP contribution in [0, 0.1) is 5.82 Å². The maximum atomic E-state index is 12.9. The van der Waals surface area contributed by atoms with E-state index >= 15 is 0 Å². The second-order valence-corrected chi connectivity index (χ2v) is 6.04. The van der Waals surface area contributed by atoms with E-state index in [0.29, 0.717) is 16.5 Å². The Morgan fingerprint density at radius 2 is 1.92 bits per heavy atom. The van der Waals surface area contributed by atoms with Gasteiger partial charge in [0.15, 0.2) is 0 Å². The predicted molar refractivity (Wildman–Crippen MR) is 90.6 cm³/mol. The van der Waals surface area contributed by atoms with E-state index in [4.69, 9.17) is 17.3 Å². The van der Waals surface area contributed by atoms with Gasteiger partial charge in [-0.1, -0.05) is 11.6 Å². The molecule has 1 saturated heterocycles. The van der Waals surface area contributed by atoms with Crippen molar-refractivity contribution >= 4 is 29.3 Å². The van der Waals surface area contributed by atoms with Gasteiger partial charge in [0.25, 0.3) is 5.91 Å². The molecule has 1 aromatic heterocycles. The first-order valence-corrected chi connectivity index (χ1v) is 8.00. The molecule has 6 nitrogen and oxygen atoms in total. The van der Waals surface area contributed by atoms with Gasteiger partial charge < -0.3 is 16.0 Å². The van der Waals surface area contributed by atoms with Crippen LogP contribution in [0.5, 0.6) is 0 Å². The van der Waals surface area contributed by atoms with E-state index in [1.165, 1.54) is 24.3 Å². The number of anilines is 2. The number of hydrogen-bond donors (Lipinski definition) is 2. The molecule has 2 heterocycles. The van der Waals surface area contributed by atoms with Crippen molar-refractivity contribution in [3.05, 3.63) is 46.9 Å². The molecule has 0 atom stereocenters. The molecule has 0 spiro atoms. The third kappa shape index (κ3) is 3.91. The molecule has 1 aromatic carbocycles. The van der Waals surface area contributed by atoms with Gasteiger partial charge >= 0.3 is 0 Å². The van der Waals surface area contributed by atoms with Crippen molar-refractivity contribution in [3.8, 4) is 0 Å². The van der Waals surface area contributed by atoms with Crippen LogP contribution in [0.15, 0.2) is 30.3 Å². The highest BCUT2D eigenvalue weighted by molar-refractivity contribution is 6.29. The lowest BCUT2D eigenvalue weighted by Gasteiger charge is -2.33. The third-order valence-corrected chi connectivity index (χ3v) is 4.15. The number of hydrogen-bond acceptors (Lipinski definition) is 5. The summed E-state index contributed by atoms with van der Waals surface area (Å²) < 4.78 is 12.9. The first-order chi connectivity index (χ1) is 11.5. The fraction of sp³-hybridized carbons (Fsp3) is 0.312. The van der Waals surface area contributed by atoms with Crippen LogP contribution in [0.2, 0.25) is 5.15 Å². The van der Waals surface area contributed by atoms with Gasteiger partial charge in [0.05, 0.1) is 0 Å². The summed E-state index contributed by atoms with van der Waals surface area (Å²) in [6.07, 6.45) is 1.54. The van der Waals surface area contributed by atoms with E-state index < -0.39 is 0 Å². The molecule has 8 heteroatoms. The van der Waals surface area contributed by atoms with Crippen LogP contribution in [0.1, 0.15) is 23.2 Å². The quantitative estimate of drug-likeness (QED) is 0.830. The average molecular weight is 350 g/mol. The summed E-state index contributed by atoms with van der Waals surface area (Å²) in [5.74, 6) is 0.283. The smallest absolute Gasteiger partial charge is 0.251 e. The van der Waals surface area contributed by atoms with Gasteiger partial charge in [-0.25, -0.2) is 9.37 Å². The molecule has 1 fully saturated rings. The summed E-state index contributed by atoms with van der Waals surface area (Å²) in [6, 6.07) is 7.25. The summed E-state index contributed by atoms with van der Waals surface area (Å²) in [6.45, 7) is 1.45. The Morgan fingerprint density at radius 3 is 2.54 bits per heavy atom. The van der Waals surface area contributed by atoms with Crippen LogP contribution in [-0.2, 0) is 0 Å². The molecule has 3 rings (SSSR count). The number of piperidine rings is 1. The summed E-state index contributed by atoms with van der Waals surface area (Å²) in [4.78, 5) is 22.3. The molecule has 0 aliphatic carbocycles. The fourth-order valence-corrected chi connectivity index (χ4v) is 2.89. The number of nitrogens with two attached hydrogens (primary N) is 1. The molecule has 0 unspecified atom stereocenters. The summed E-state index contributed by atoms with van der Waals surface area (Å²) >= 11 is 5.90. The van der Waals surface area contributed by atoms with Gasteiger partial charge in [-0.05, 0) is 37.1 Å². The van der Waals surface area contributed by atoms with E-state index in [1.54, 1.807) is 6.07 Å². The predicted octanol–water partition coefficient (Wildman–Crippen LogP) is 2.25. The van der Waals surface area contributed by atoms with Crippen LogP contribution in [0.4, 0.5) is 16.2 Å². The minimum Gasteiger partial charge on any atom is -0.368 e. The molecule has 0 saturated carbocycles. The zero-order valence-corrected chi connectivity index (χ0v) is 13.6. The Labute approximate surface area is 143 Å². The number of nitrogens with zero attached hydrogens (tertiary/aromatic N) is 3. The van der Waals surface area contributed by atoms with E-state index in [-0.39, 0.29) is 23.7 Å². The van der Waals surface area contributed by atoms with Crippen molar-refractivity contribution in [3.63, 3.8) is 0 Å². The van der Waals surface area contributed by atoms with Crippen molar-refractivity contribution in [2.75, 3.05) is 23.7 Å². The first-order valence-electron chi connectivity index (χ1n) is 7.63. The van der Waals surface area contributed by atoms with Gasteiger partial charge in [0.2, 0.25) is 5.95 Å². The molecule has 2 aromatic rings. The second kappa shape index (κ2) is 7.00. The van der Waals surface area contributed by atoms with E-state index in [1.807, 2.05) is 0 Å². The number of benzene rings is 1. The van der Waals surface area contributed by atoms with Crippen LogP contribution < -0.4 is 16.0 Å². The minimum atomic E-state index is -0.359. The summed E-state index contributed by atoms with van der Waals surface area (Å²) in [7, 11) is 0. The van der Waals surface area contributed by atoms with Gasteiger partial charge in [-0.15, -0.1) is 0 Å². The molecule has 1 aliphatic heterocycles. The van der Waals surface area contributed by atoms with Crippen molar-refractivity contribution < 1.29 is 9.18 Å². The van der Waals surface area contributed by atoms with E-state index in [0.717, 1.165) is 25.9 Å². The van der Waals surface area contributed by atoms with E-state index in [9.17, 15) is 9.18 Å². The van der Waals surface area contributed by atoms with Gasteiger partial charge in [0.1, 0.15) is 16.8 Å². The fourth-order valence-electron chi connectivity index (χ4n) is 2.71. The van der Waals surface area contributed by atoms with Crippen LogP contribution in [-0.4, -0.2) is 35.0 Å². The van der Waals surface area contributed by atoms with Gasteiger partial charge in [-0.3, -0.25) is 4.79 Å². The van der Waals surface area contributed by atoms with Crippen molar-refractivity contribution in [1.82, 2.24) is 15.3 Å². The SMILES string of the molecule is Nc1nc(Cl)cc(N2CCC(NC(=O)c3ccc(F)cc3)CC2)n1. The maximum absolute atomic E-state index is 12.9. The van der Waals surface area contributed by atoms with Crippen molar-refractivity contribution in [2.24, 2.45) is 0 Å². The molecule has 0 bridgehead atoms. The number of nitrogens with one attached hydrogen (secondary N) is 1. The molecule has 126 valence electrons. The molecule has 0 radical (unpaired) electrons. The number of halogens is 2. The molecular formula is C16H17ClFN5O. The number of nitrogen functional groups attached to an aromatic ring is 1. The molecule has 1 amide bonds. The Bertz CT molecular complexity index is 711. The van der Waals surface area contributed by atoms with Crippen LogP contribution in [0.3, 0.4) is 0 Å². The standard InChI is InChI=1S/C16H17ClFN5O/c17-13-9-14(22-16(19)21-13)23-7-5-12(6-8-23)20-15(24)10-1-3-11(18)4-2-10/h1-4,9,12H,5-8H2,(H,20,24)(H2,19,21,22). The zero-order valence-electron chi connectivity index (χ0n) is 12.9. The second-order valence-electron chi connectivity index (χ2n) is 5.65. The number of carbonyl (C=O) groups is 1. The number of carbonyl (C=O) groups excluding carboxylic acids is 1. The van der Waals surface area contributed by atoms with Crippen molar-refractivity contribution in [1.29, 1.82) is 0 Å². The topological polar surface area (TPSA) is 84.1 Å². The first kappa shape index (κ1) is 16.4. The van der Waals surface area contributed by atoms with E-state index in [2.05, 4.69) is 20.2 Å². The van der Waals surface area contributed by atoms with Gasteiger partial charge in [0, 0.05) is 30.8 Å². The lowest BCUT2D eigenvalue weighted by molar-refractivity contribution is 0.0931. The third-order valence-electron chi connectivity index (χ3n) is 3.96. The Morgan fingerprint density at radius 1 is 1.25 bits per heavy atom. The highest BCUT2D eigenvalue weighted by atomic mass is 35.5. The molecular weight excluding hydrogens is 333 g/mol. The Hall–Kier alpha value is -2.41. The molecule has 3 N–H and O–H groups in total. The zero-order chi connectivity index (χ0) is 17.1. The highest BCUT2D eigenvalue weighted by Crippen LogP contribution is 2.21. The molecule has 24 heavy (non-hydrogen) atoms. The average Bonchev–Trinajstić information content (AvgIpc) is 2.55. The minimum absolute atomic E-state index is 0.0634. The Balaban J connectivity index is 1.57. The highest BCUT2D eigenvalue weighted by Gasteiger charge is 2.22. The maximum Gasteiger partial charge on any atom is 0.251 e. The summed E-state index contributed by atoms with van der Waals surface area (Å²) in [5.41, 5.74) is 6.07. The number of aromatic nitrogens is 2. The largest absolute Gasteiger partial charge is 0.368 e. The lowest BCUT2D eigenvalue weighted by Crippen LogP contribution is -2.45.